The maximum atomic E-state index is 8.21. The van der Waals surface area contributed by atoms with Crippen LogP contribution in [0.15, 0.2) is 6.33 Å². The van der Waals surface area contributed by atoms with E-state index < -0.39 is 0 Å². The molecule has 0 aliphatic carbocycles. The van der Waals surface area contributed by atoms with Gasteiger partial charge in [0.25, 0.3) is 0 Å². The number of aryl methyl sites for hydroxylation is 1. The van der Waals surface area contributed by atoms with Crippen LogP contribution in [0.2, 0.25) is 0 Å². The van der Waals surface area contributed by atoms with E-state index in [4.69, 9.17) is 5.26 Å². The van der Waals surface area contributed by atoms with Crippen LogP contribution in [-0.2, 0) is 13.6 Å². The molecule has 1 N–H and O–H groups in total. The lowest BCUT2D eigenvalue weighted by atomic mass is 10.5. The lowest BCUT2D eigenvalue weighted by molar-refractivity contribution is 0.644. The first-order valence-electron chi connectivity index (χ1n) is 3.25. The van der Waals surface area contributed by atoms with Gasteiger partial charge in [-0.3, -0.25) is 10.00 Å². The van der Waals surface area contributed by atoms with Gasteiger partial charge in [0.2, 0.25) is 0 Å². The first-order valence-corrected chi connectivity index (χ1v) is 3.25. The van der Waals surface area contributed by atoms with Crippen LogP contribution in [0, 0.1) is 11.3 Å². The molecular formula is C6H9N5. The zero-order chi connectivity index (χ0) is 8.10. The van der Waals surface area contributed by atoms with Crippen molar-refractivity contribution in [2.75, 3.05) is 6.54 Å². The molecule has 0 amide bonds. The zero-order valence-corrected chi connectivity index (χ0v) is 6.28. The molecule has 0 atom stereocenters. The average molecular weight is 151 g/mol. The molecule has 0 radical (unpaired) electrons. The van der Waals surface area contributed by atoms with Gasteiger partial charge in [0.15, 0.2) is 0 Å². The van der Waals surface area contributed by atoms with Crippen LogP contribution in [-0.4, -0.2) is 21.3 Å². The number of nitriles is 1. The molecule has 0 spiro atoms. The Morgan fingerprint density at radius 3 is 3.18 bits per heavy atom. The summed E-state index contributed by atoms with van der Waals surface area (Å²) in [7, 11) is 1.82. The summed E-state index contributed by atoms with van der Waals surface area (Å²) >= 11 is 0. The van der Waals surface area contributed by atoms with Crippen molar-refractivity contribution in [3.8, 4) is 6.07 Å². The van der Waals surface area contributed by atoms with Gasteiger partial charge in [-0.2, -0.15) is 10.4 Å². The zero-order valence-electron chi connectivity index (χ0n) is 6.28. The van der Waals surface area contributed by atoms with Crippen molar-refractivity contribution < 1.29 is 0 Å². The molecule has 1 aromatic rings. The van der Waals surface area contributed by atoms with E-state index in [-0.39, 0.29) is 0 Å². The highest BCUT2D eigenvalue weighted by atomic mass is 15.3. The molecule has 5 nitrogen and oxygen atoms in total. The molecule has 0 unspecified atom stereocenters. The van der Waals surface area contributed by atoms with Crippen molar-refractivity contribution in [1.29, 1.82) is 5.26 Å². The number of nitrogens with zero attached hydrogens (tertiary/aromatic N) is 4. The van der Waals surface area contributed by atoms with Crippen LogP contribution >= 0.6 is 0 Å². The molecule has 58 valence electrons. The summed E-state index contributed by atoms with van der Waals surface area (Å²) in [5.74, 6) is 0.834. The van der Waals surface area contributed by atoms with Gasteiger partial charge in [-0.25, -0.2) is 4.98 Å². The van der Waals surface area contributed by atoms with Gasteiger partial charge in [-0.15, -0.1) is 0 Å². The van der Waals surface area contributed by atoms with E-state index in [0.29, 0.717) is 13.1 Å². The van der Waals surface area contributed by atoms with Gasteiger partial charge in [-0.1, -0.05) is 0 Å². The lowest BCUT2D eigenvalue weighted by Crippen LogP contribution is -2.16. The van der Waals surface area contributed by atoms with Crippen LogP contribution in [0.5, 0.6) is 0 Å². The highest BCUT2D eigenvalue weighted by Gasteiger charge is 1.96. The summed E-state index contributed by atoms with van der Waals surface area (Å²) in [6.07, 6.45) is 1.49. The number of hydrogen-bond acceptors (Lipinski definition) is 4. The maximum absolute atomic E-state index is 8.21. The minimum absolute atomic E-state index is 0.340. The fraction of sp³-hybridized carbons (Fsp3) is 0.500. The molecule has 0 aliphatic rings. The molecule has 1 aromatic heterocycles. The minimum Gasteiger partial charge on any atom is -0.297 e. The van der Waals surface area contributed by atoms with Crippen LogP contribution in [0.1, 0.15) is 5.82 Å². The normalized spacial score (nSPS) is 9.45. The van der Waals surface area contributed by atoms with Crippen molar-refractivity contribution in [2.45, 2.75) is 6.54 Å². The number of rotatable bonds is 3. The van der Waals surface area contributed by atoms with Gasteiger partial charge in [-0.05, 0) is 0 Å². The van der Waals surface area contributed by atoms with Gasteiger partial charge in [0, 0.05) is 7.05 Å². The largest absolute Gasteiger partial charge is 0.297 e. The molecular weight excluding hydrogens is 142 g/mol. The Kier molecular flexibility index (Phi) is 2.58. The Bertz CT molecular complexity index is 258. The molecule has 5 heteroatoms. The SMILES string of the molecule is Cn1ncnc1CNCC#N. The topological polar surface area (TPSA) is 66.5 Å². The minimum atomic E-state index is 0.340. The summed E-state index contributed by atoms with van der Waals surface area (Å²) < 4.78 is 1.67. The van der Waals surface area contributed by atoms with Crippen LogP contribution in [0.3, 0.4) is 0 Å². The number of nitrogens with one attached hydrogen (secondary N) is 1. The summed E-state index contributed by atoms with van der Waals surface area (Å²) in [6.45, 7) is 0.928. The van der Waals surface area contributed by atoms with E-state index in [1.165, 1.54) is 6.33 Å². The highest BCUT2D eigenvalue weighted by molar-refractivity contribution is 4.84. The Balaban J connectivity index is 2.40. The third-order valence-corrected chi connectivity index (χ3v) is 1.29. The number of aromatic nitrogens is 3. The lowest BCUT2D eigenvalue weighted by Gasteiger charge is -1.97. The third-order valence-electron chi connectivity index (χ3n) is 1.29. The second kappa shape index (κ2) is 3.68. The van der Waals surface area contributed by atoms with Gasteiger partial charge >= 0.3 is 0 Å². The van der Waals surface area contributed by atoms with Gasteiger partial charge in [0.1, 0.15) is 12.2 Å². The van der Waals surface area contributed by atoms with Crippen molar-refractivity contribution in [1.82, 2.24) is 20.1 Å². The molecule has 0 aliphatic heterocycles. The fourth-order valence-corrected chi connectivity index (χ4v) is 0.710. The quantitative estimate of drug-likeness (QED) is 0.464. The van der Waals surface area contributed by atoms with E-state index in [1.807, 2.05) is 13.1 Å². The smallest absolute Gasteiger partial charge is 0.140 e. The van der Waals surface area contributed by atoms with Crippen molar-refractivity contribution in [3.63, 3.8) is 0 Å². The van der Waals surface area contributed by atoms with Crippen LogP contribution < -0.4 is 5.32 Å². The number of hydrogen-bond donors (Lipinski definition) is 1. The second-order valence-electron chi connectivity index (χ2n) is 2.06. The van der Waals surface area contributed by atoms with Crippen LogP contribution in [0.4, 0.5) is 0 Å². The third kappa shape index (κ3) is 2.02. The van der Waals surface area contributed by atoms with E-state index in [2.05, 4.69) is 15.4 Å². The standard InChI is InChI=1S/C6H9N5/c1-11-6(9-5-10-11)4-8-3-2-7/h5,8H,3-4H2,1H3. The highest BCUT2D eigenvalue weighted by Crippen LogP contribution is 1.87. The first kappa shape index (κ1) is 7.69. The van der Waals surface area contributed by atoms with Gasteiger partial charge < -0.3 is 0 Å². The molecule has 0 bridgehead atoms. The van der Waals surface area contributed by atoms with Crippen LogP contribution in [0.25, 0.3) is 0 Å². The molecule has 0 saturated carbocycles. The predicted molar refractivity (Wildman–Crippen MR) is 38.3 cm³/mol. The summed E-state index contributed by atoms with van der Waals surface area (Å²) in [4.78, 5) is 3.97. The summed E-state index contributed by atoms with van der Waals surface area (Å²) in [5, 5.41) is 15.0. The van der Waals surface area contributed by atoms with Crippen molar-refractivity contribution in [3.05, 3.63) is 12.2 Å². The second-order valence-corrected chi connectivity index (χ2v) is 2.06. The van der Waals surface area contributed by atoms with Gasteiger partial charge in [0.05, 0.1) is 19.2 Å². The Labute approximate surface area is 64.7 Å². The molecule has 11 heavy (non-hydrogen) atoms. The molecule has 1 heterocycles. The van der Waals surface area contributed by atoms with E-state index in [0.717, 1.165) is 5.82 Å². The van der Waals surface area contributed by atoms with E-state index in [1.54, 1.807) is 4.68 Å². The Morgan fingerprint density at radius 2 is 2.64 bits per heavy atom. The summed E-state index contributed by atoms with van der Waals surface area (Å²) in [5.41, 5.74) is 0. The molecule has 0 saturated heterocycles. The monoisotopic (exact) mass is 151 g/mol. The summed E-state index contributed by atoms with van der Waals surface area (Å²) in [6, 6.07) is 1.98. The Hall–Kier alpha value is -1.41. The van der Waals surface area contributed by atoms with E-state index >= 15 is 0 Å². The molecule has 0 aromatic carbocycles. The molecule has 0 fully saturated rings. The maximum Gasteiger partial charge on any atom is 0.140 e. The fourth-order valence-electron chi connectivity index (χ4n) is 0.710. The average Bonchev–Trinajstić information content (AvgIpc) is 2.37. The molecule has 1 rings (SSSR count). The Morgan fingerprint density at radius 1 is 1.82 bits per heavy atom. The van der Waals surface area contributed by atoms with E-state index in [9.17, 15) is 0 Å². The first-order chi connectivity index (χ1) is 5.34. The van der Waals surface area contributed by atoms with Crippen molar-refractivity contribution >= 4 is 0 Å². The van der Waals surface area contributed by atoms with Crippen molar-refractivity contribution in [2.24, 2.45) is 7.05 Å². The predicted octanol–water partition coefficient (Wildman–Crippen LogP) is -0.572.